The monoisotopic (exact) mass is 425 g/mol. The van der Waals surface area contributed by atoms with Crippen molar-refractivity contribution in [1.82, 2.24) is 4.90 Å². The lowest BCUT2D eigenvalue weighted by Crippen LogP contribution is -2.44. The van der Waals surface area contributed by atoms with Crippen LogP contribution in [0.3, 0.4) is 0 Å². The number of rotatable bonds is 11. The Balaban J connectivity index is 1.77. The summed E-state index contributed by atoms with van der Waals surface area (Å²) >= 11 is 0. The van der Waals surface area contributed by atoms with Gasteiger partial charge in [0.15, 0.2) is 0 Å². The predicted molar refractivity (Wildman–Crippen MR) is 127 cm³/mol. The molecule has 0 aliphatic heterocycles. The van der Waals surface area contributed by atoms with E-state index >= 15 is 0 Å². The van der Waals surface area contributed by atoms with Crippen LogP contribution < -0.4 is 14.2 Å². The zero-order valence-electron chi connectivity index (χ0n) is 19.9. The summed E-state index contributed by atoms with van der Waals surface area (Å²) in [5.74, 6) is 3.49. The van der Waals surface area contributed by atoms with Gasteiger partial charge in [-0.25, -0.2) is 0 Å². The molecule has 0 amide bonds. The van der Waals surface area contributed by atoms with Gasteiger partial charge in [-0.05, 0) is 68.0 Å². The van der Waals surface area contributed by atoms with E-state index in [1.807, 2.05) is 12.1 Å². The van der Waals surface area contributed by atoms with Crippen LogP contribution in [0.5, 0.6) is 17.2 Å². The third-order valence-electron chi connectivity index (χ3n) is 6.44. The molecule has 2 aromatic rings. The Hall–Kier alpha value is -2.20. The van der Waals surface area contributed by atoms with Crippen LogP contribution in [-0.2, 0) is 19.4 Å². The number of unbranched alkanes of at least 4 members (excludes halogenated alkanes) is 1. The second-order valence-corrected chi connectivity index (χ2v) is 8.70. The minimum absolute atomic E-state index is 0.480. The Morgan fingerprint density at radius 2 is 1.52 bits per heavy atom. The average molecular weight is 426 g/mol. The van der Waals surface area contributed by atoms with E-state index in [9.17, 15) is 0 Å². The van der Waals surface area contributed by atoms with Crippen molar-refractivity contribution in [2.45, 2.75) is 65.5 Å². The lowest BCUT2D eigenvalue weighted by molar-refractivity contribution is 0.129. The molecule has 170 valence electrons. The molecule has 0 N–H and O–H groups in total. The smallest absolute Gasteiger partial charge is 0.122 e. The third kappa shape index (κ3) is 5.74. The van der Waals surface area contributed by atoms with Crippen molar-refractivity contribution >= 4 is 0 Å². The van der Waals surface area contributed by atoms with Gasteiger partial charge in [0.05, 0.1) is 20.8 Å². The van der Waals surface area contributed by atoms with Crippen LogP contribution in [0.4, 0.5) is 0 Å². The molecule has 0 spiro atoms. The fourth-order valence-electron chi connectivity index (χ4n) is 4.75. The molecule has 0 radical (unpaired) electrons. The number of ether oxygens (including phenoxy) is 3. The molecule has 1 aliphatic rings. The number of benzene rings is 2. The van der Waals surface area contributed by atoms with E-state index < -0.39 is 0 Å². The van der Waals surface area contributed by atoms with E-state index in [0.29, 0.717) is 12.0 Å². The first kappa shape index (κ1) is 23.5. The molecule has 0 heterocycles. The van der Waals surface area contributed by atoms with Gasteiger partial charge < -0.3 is 14.2 Å². The first-order valence-electron chi connectivity index (χ1n) is 11.8. The molecule has 4 heteroatoms. The lowest BCUT2D eigenvalue weighted by atomic mass is 9.79. The molecule has 0 bridgehead atoms. The SMILES string of the molecule is CCCCOc1ccc(CN(CCC)C2Cc3c(OC)ccc(OC)c3CC2C)cc1. The summed E-state index contributed by atoms with van der Waals surface area (Å²) in [6, 6.07) is 13.2. The summed E-state index contributed by atoms with van der Waals surface area (Å²) in [6.07, 6.45) is 5.41. The van der Waals surface area contributed by atoms with E-state index in [0.717, 1.165) is 69.0 Å². The maximum Gasteiger partial charge on any atom is 0.122 e. The number of hydrogen-bond acceptors (Lipinski definition) is 4. The van der Waals surface area contributed by atoms with Crippen LogP contribution in [0.1, 0.15) is 56.7 Å². The van der Waals surface area contributed by atoms with E-state index in [2.05, 4.69) is 49.9 Å². The summed E-state index contributed by atoms with van der Waals surface area (Å²) in [4.78, 5) is 2.65. The maximum atomic E-state index is 5.83. The Kier molecular flexibility index (Phi) is 8.65. The summed E-state index contributed by atoms with van der Waals surface area (Å²) in [7, 11) is 3.53. The van der Waals surface area contributed by atoms with E-state index in [-0.39, 0.29) is 0 Å². The molecule has 2 aromatic carbocycles. The molecule has 2 atom stereocenters. The second-order valence-electron chi connectivity index (χ2n) is 8.70. The van der Waals surface area contributed by atoms with Gasteiger partial charge in [-0.15, -0.1) is 0 Å². The normalized spacial score (nSPS) is 18.0. The van der Waals surface area contributed by atoms with Gasteiger partial charge >= 0.3 is 0 Å². The van der Waals surface area contributed by atoms with Crippen molar-refractivity contribution in [2.24, 2.45) is 5.92 Å². The maximum absolute atomic E-state index is 5.83. The highest BCUT2D eigenvalue weighted by Gasteiger charge is 2.33. The van der Waals surface area contributed by atoms with Gasteiger partial charge in [0.2, 0.25) is 0 Å². The highest BCUT2D eigenvalue weighted by atomic mass is 16.5. The van der Waals surface area contributed by atoms with Crippen molar-refractivity contribution in [3.8, 4) is 17.2 Å². The number of hydrogen-bond donors (Lipinski definition) is 0. The summed E-state index contributed by atoms with van der Waals surface area (Å²) in [5, 5.41) is 0. The van der Waals surface area contributed by atoms with Gasteiger partial charge in [0, 0.05) is 23.7 Å². The molecule has 1 aliphatic carbocycles. The van der Waals surface area contributed by atoms with Crippen molar-refractivity contribution in [2.75, 3.05) is 27.4 Å². The van der Waals surface area contributed by atoms with E-state index in [4.69, 9.17) is 14.2 Å². The third-order valence-corrected chi connectivity index (χ3v) is 6.44. The summed E-state index contributed by atoms with van der Waals surface area (Å²) in [6.45, 7) is 9.67. The summed E-state index contributed by atoms with van der Waals surface area (Å²) < 4.78 is 17.2. The van der Waals surface area contributed by atoms with Crippen LogP contribution in [0.15, 0.2) is 36.4 Å². The van der Waals surface area contributed by atoms with Gasteiger partial charge in [-0.1, -0.05) is 39.3 Å². The van der Waals surface area contributed by atoms with Gasteiger partial charge in [0.25, 0.3) is 0 Å². The Morgan fingerprint density at radius 1 is 0.871 bits per heavy atom. The molecular formula is C27H39NO3. The highest BCUT2D eigenvalue weighted by molar-refractivity contribution is 5.51. The van der Waals surface area contributed by atoms with Crippen LogP contribution in [0.2, 0.25) is 0 Å². The number of nitrogens with zero attached hydrogens (tertiary/aromatic N) is 1. The molecular weight excluding hydrogens is 386 g/mol. The van der Waals surface area contributed by atoms with Crippen LogP contribution in [-0.4, -0.2) is 38.3 Å². The molecule has 2 unspecified atom stereocenters. The van der Waals surface area contributed by atoms with Gasteiger partial charge in [-0.2, -0.15) is 0 Å². The lowest BCUT2D eigenvalue weighted by Gasteiger charge is -2.40. The first-order valence-corrected chi connectivity index (χ1v) is 11.8. The molecule has 0 aromatic heterocycles. The van der Waals surface area contributed by atoms with Crippen LogP contribution in [0, 0.1) is 5.92 Å². The molecule has 0 saturated carbocycles. The largest absolute Gasteiger partial charge is 0.496 e. The van der Waals surface area contributed by atoms with Crippen LogP contribution in [0.25, 0.3) is 0 Å². The molecule has 0 fully saturated rings. The Labute approximate surface area is 188 Å². The summed E-state index contributed by atoms with van der Waals surface area (Å²) in [5.41, 5.74) is 3.97. The topological polar surface area (TPSA) is 30.9 Å². The van der Waals surface area contributed by atoms with Crippen molar-refractivity contribution < 1.29 is 14.2 Å². The fourth-order valence-corrected chi connectivity index (χ4v) is 4.75. The minimum atomic E-state index is 0.480. The zero-order chi connectivity index (χ0) is 22.2. The van der Waals surface area contributed by atoms with Crippen molar-refractivity contribution in [3.63, 3.8) is 0 Å². The van der Waals surface area contributed by atoms with Crippen molar-refractivity contribution in [3.05, 3.63) is 53.1 Å². The second kappa shape index (κ2) is 11.4. The zero-order valence-corrected chi connectivity index (χ0v) is 19.9. The standard InChI is InChI=1S/C27H39NO3/c1-6-8-16-31-22-11-9-21(10-12-22)19-28(15-7-2)25-18-24-23(17-20(25)3)26(29-4)13-14-27(24)30-5/h9-14,20,25H,6-8,15-19H2,1-5H3. The number of fused-ring (bicyclic) bond motifs is 1. The van der Waals surface area contributed by atoms with E-state index in [1.165, 1.54) is 16.7 Å². The Bertz CT molecular complexity index is 818. The van der Waals surface area contributed by atoms with Gasteiger partial charge in [0.1, 0.15) is 17.2 Å². The predicted octanol–water partition coefficient (Wildman–Crippen LogP) is 5.90. The highest BCUT2D eigenvalue weighted by Crippen LogP contribution is 2.39. The molecule has 0 saturated heterocycles. The van der Waals surface area contributed by atoms with Crippen LogP contribution >= 0.6 is 0 Å². The quantitative estimate of drug-likeness (QED) is 0.420. The minimum Gasteiger partial charge on any atom is -0.496 e. The Morgan fingerprint density at radius 3 is 2.10 bits per heavy atom. The fraction of sp³-hybridized carbons (Fsp3) is 0.556. The molecule has 4 nitrogen and oxygen atoms in total. The number of methoxy groups -OCH3 is 2. The molecule has 31 heavy (non-hydrogen) atoms. The van der Waals surface area contributed by atoms with Crippen molar-refractivity contribution in [1.29, 1.82) is 0 Å². The average Bonchev–Trinajstić information content (AvgIpc) is 2.79. The van der Waals surface area contributed by atoms with Gasteiger partial charge in [-0.3, -0.25) is 4.90 Å². The molecule has 3 rings (SSSR count). The van der Waals surface area contributed by atoms with E-state index in [1.54, 1.807) is 14.2 Å². The first-order chi connectivity index (χ1) is 15.1.